The molecule has 25 heavy (non-hydrogen) atoms. The molecule has 1 aromatic carbocycles. The van der Waals surface area contributed by atoms with Crippen molar-refractivity contribution in [3.8, 4) is 0 Å². The lowest BCUT2D eigenvalue weighted by atomic mass is 9.77. The summed E-state index contributed by atoms with van der Waals surface area (Å²) < 4.78 is 28.7. The van der Waals surface area contributed by atoms with E-state index < -0.39 is 28.9 Å². The highest BCUT2D eigenvalue weighted by molar-refractivity contribution is 5.98. The molecule has 1 heterocycles. The van der Waals surface area contributed by atoms with Crippen molar-refractivity contribution in [1.82, 2.24) is 9.78 Å². The summed E-state index contributed by atoms with van der Waals surface area (Å²) in [7, 11) is 0. The highest BCUT2D eigenvalue weighted by Crippen LogP contribution is 2.43. The van der Waals surface area contributed by atoms with Gasteiger partial charge < -0.3 is 10.4 Å². The summed E-state index contributed by atoms with van der Waals surface area (Å²) in [4.78, 5) is 23.6. The third-order valence-corrected chi connectivity index (χ3v) is 4.52. The third kappa shape index (κ3) is 3.38. The quantitative estimate of drug-likeness (QED) is 0.869. The lowest BCUT2D eigenvalue weighted by molar-refractivity contribution is -0.137. The first-order valence-corrected chi connectivity index (χ1v) is 7.93. The van der Waals surface area contributed by atoms with Crippen LogP contribution in [-0.2, 0) is 21.5 Å². The Morgan fingerprint density at radius 1 is 1.24 bits per heavy atom. The summed E-state index contributed by atoms with van der Waals surface area (Å²) in [6.45, 7) is -0.326. The average Bonchev–Trinajstić information content (AvgIpc) is 3.17. The van der Waals surface area contributed by atoms with Gasteiger partial charge in [0.05, 0.1) is 5.41 Å². The molecule has 132 valence electrons. The van der Waals surface area contributed by atoms with Crippen LogP contribution in [0, 0.1) is 11.6 Å². The fraction of sp³-hybridized carbons (Fsp3) is 0.353. The molecule has 8 heteroatoms. The van der Waals surface area contributed by atoms with Crippen molar-refractivity contribution in [2.24, 2.45) is 0 Å². The number of amides is 1. The molecular formula is C17H17F2N3O3. The van der Waals surface area contributed by atoms with E-state index >= 15 is 0 Å². The number of nitrogens with zero attached hydrogens (tertiary/aromatic N) is 2. The number of carboxylic acids is 1. The van der Waals surface area contributed by atoms with E-state index in [1.807, 2.05) is 0 Å². The Kier molecular flexibility index (Phi) is 4.52. The Bertz CT molecular complexity index is 813. The Hall–Kier alpha value is -2.77. The van der Waals surface area contributed by atoms with Gasteiger partial charge in [0, 0.05) is 23.9 Å². The summed E-state index contributed by atoms with van der Waals surface area (Å²) in [5, 5.41) is 15.4. The molecule has 3 rings (SSSR count). The monoisotopic (exact) mass is 349 g/mol. The predicted octanol–water partition coefficient (Wildman–Crippen LogP) is 2.70. The van der Waals surface area contributed by atoms with E-state index in [4.69, 9.17) is 5.11 Å². The number of benzene rings is 1. The van der Waals surface area contributed by atoms with Crippen LogP contribution < -0.4 is 5.32 Å². The lowest BCUT2D eigenvalue weighted by Gasteiger charge is -2.28. The molecule has 1 aromatic heterocycles. The highest BCUT2D eigenvalue weighted by Gasteiger charge is 2.44. The largest absolute Gasteiger partial charge is 0.480 e. The number of hydrogen-bond acceptors (Lipinski definition) is 3. The molecule has 2 N–H and O–H groups in total. The van der Waals surface area contributed by atoms with E-state index in [9.17, 15) is 18.4 Å². The van der Waals surface area contributed by atoms with Gasteiger partial charge in [-0.05, 0) is 18.9 Å². The van der Waals surface area contributed by atoms with Crippen LogP contribution in [0.15, 0.2) is 30.5 Å². The number of nitrogens with one attached hydrogen (secondary N) is 1. The van der Waals surface area contributed by atoms with Crippen molar-refractivity contribution < 1.29 is 23.5 Å². The van der Waals surface area contributed by atoms with Gasteiger partial charge in [-0.1, -0.05) is 18.9 Å². The number of carbonyl (C=O) groups is 2. The Morgan fingerprint density at radius 3 is 2.60 bits per heavy atom. The second-order valence-corrected chi connectivity index (χ2v) is 6.16. The van der Waals surface area contributed by atoms with Crippen molar-refractivity contribution >= 4 is 17.7 Å². The maximum atomic E-state index is 14.3. The van der Waals surface area contributed by atoms with E-state index in [0.717, 1.165) is 25.0 Å². The van der Waals surface area contributed by atoms with Crippen LogP contribution in [0.4, 0.5) is 14.6 Å². The van der Waals surface area contributed by atoms with Crippen LogP contribution >= 0.6 is 0 Å². The molecule has 0 bridgehead atoms. The number of aromatic nitrogens is 2. The van der Waals surface area contributed by atoms with Gasteiger partial charge in [-0.15, -0.1) is 0 Å². The smallest absolute Gasteiger partial charge is 0.325 e. The molecule has 1 saturated carbocycles. The maximum Gasteiger partial charge on any atom is 0.325 e. The van der Waals surface area contributed by atoms with Gasteiger partial charge in [-0.2, -0.15) is 5.10 Å². The summed E-state index contributed by atoms with van der Waals surface area (Å²) in [6, 6.07) is 4.72. The maximum absolute atomic E-state index is 14.3. The van der Waals surface area contributed by atoms with E-state index in [-0.39, 0.29) is 17.9 Å². The van der Waals surface area contributed by atoms with Crippen molar-refractivity contribution in [3.63, 3.8) is 0 Å². The van der Waals surface area contributed by atoms with Crippen molar-refractivity contribution in [2.75, 3.05) is 5.32 Å². The van der Waals surface area contributed by atoms with Gasteiger partial charge in [0.1, 0.15) is 18.2 Å². The van der Waals surface area contributed by atoms with E-state index in [1.165, 1.54) is 23.0 Å². The highest BCUT2D eigenvalue weighted by atomic mass is 19.1. The number of halogens is 2. The summed E-state index contributed by atoms with van der Waals surface area (Å²) >= 11 is 0. The Balaban J connectivity index is 1.86. The minimum atomic E-state index is -1.08. The first kappa shape index (κ1) is 17.1. The fourth-order valence-electron chi connectivity index (χ4n) is 3.37. The van der Waals surface area contributed by atoms with Gasteiger partial charge >= 0.3 is 5.97 Å². The zero-order valence-corrected chi connectivity index (χ0v) is 13.3. The lowest BCUT2D eigenvalue weighted by Crippen LogP contribution is -2.39. The number of rotatable bonds is 5. The molecule has 1 amide bonds. The molecule has 1 aliphatic rings. The first-order chi connectivity index (χ1) is 11.9. The molecule has 0 unspecified atom stereocenters. The second kappa shape index (κ2) is 6.62. The van der Waals surface area contributed by atoms with Crippen LogP contribution in [0.2, 0.25) is 0 Å². The molecule has 0 atom stereocenters. The van der Waals surface area contributed by atoms with Gasteiger partial charge in [-0.3, -0.25) is 14.3 Å². The zero-order valence-electron chi connectivity index (χ0n) is 13.3. The van der Waals surface area contributed by atoms with E-state index in [0.29, 0.717) is 12.8 Å². The van der Waals surface area contributed by atoms with E-state index in [2.05, 4.69) is 10.4 Å². The van der Waals surface area contributed by atoms with Crippen LogP contribution in [0.25, 0.3) is 0 Å². The second-order valence-electron chi connectivity index (χ2n) is 6.16. The topological polar surface area (TPSA) is 84.2 Å². The number of carboxylic acid groups (broad SMARTS) is 1. The van der Waals surface area contributed by atoms with Crippen LogP contribution in [0.3, 0.4) is 0 Å². The Labute approximate surface area is 142 Å². The summed E-state index contributed by atoms with van der Waals surface area (Å²) in [6.07, 6.45) is 3.87. The Morgan fingerprint density at radius 2 is 1.96 bits per heavy atom. The molecule has 1 fully saturated rings. The molecular weight excluding hydrogens is 332 g/mol. The average molecular weight is 349 g/mol. The number of anilines is 1. The standard InChI is InChI=1S/C17H17F2N3O3/c18-11-3-4-12(13(19)9-11)17(6-1-2-7-17)16(25)20-14-5-8-22(21-14)10-15(23)24/h3-5,8-9H,1-2,6-7,10H2,(H,23,24)(H,20,21,25). The van der Waals surface area contributed by atoms with Gasteiger partial charge in [0.25, 0.3) is 0 Å². The molecule has 6 nitrogen and oxygen atoms in total. The molecule has 2 aromatic rings. The third-order valence-electron chi connectivity index (χ3n) is 4.52. The molecule has 0 spiro atoms. The first-order valence-electron chi connectivity index (χ1n) is 7.93. The van der Waals surface area contributed by atoms with Crippen LogP contribution in [0.1, 0.15) is 31.2 Å². The molecule has 0 saturated heterocycles. The van der Waals surface area contributed by atoms with Gasteiger partial charge in [0.2, 0.25) is 5.91 Å². The molecule has 1 aliphatic carbocycles. The summed E-state index contributed by atoms with van der Waals surface area (Å²) in [5.41, 5.74) is -0.900. The zero-order chi connectivity index (χ0) is 18.0. The van der Waals surface area contributed by atoms with Crippen molar-refractivity contribution in [1.29, 1.82) is 0 Å². The van der Waals surface area contributed by atoms with Gasteiger partial charge in [-0.25, -0.2) is 8.78 Å². The van der Waals surface area contributed by atoms with Gasteiger partial charge in [0.15, 0.2) is 5.82 Å². The predicted molar refractivity (Wildman–Crippen MR) is 85.0 cm³/mol. The number of aliphatic carboxylic acids is 1. The van der Waals surface area contributed by atoms with Crippen molar-refractivity contribution in [2.45, 2.75) is 37.6 Å². The SMILES string of the molecule is O=C(O)Cn1ccc(NC(=O)C2(c3ccc(F)cc3F)CCCC2)n1. The van der Waals surface area contributed by atoms with E-state index in [1.54, 1.807) is 0 Å². The minimum Gasteiger partial charge on any atom is -0.480 e. The number of carbonyl (C=O) groups excluding carboxylic acids is 1. The summed E-state index contributed by atoms with van der Waals surface area (Å²) in [5.74, 6) is -2.71. The van der Waals surface area contributed by atoms with Crippen molar-refractivity contribution in [3.05, 3.63) is 47.7 Å². The van der Waals surface area contributed by atoms with Crippen LogP contribution in [-0.4, -0.2) is 26.8 Å². The molecule has 0 radical (unpaired) electrons. The fourth-order valence-corrected chi connectivity index (χ4v) is 3.37. The number of hydrogen-bond donors (Lipinski definition) is 2. The molecule has 0 aliphatic heterocycles. The van der Waals surface area contributed by atoms with Crippen LogP contribution in [0.5, 0.6) is 0 Å². The minimum absolute atomic E-state index is 0.175. The normalized spacial score (nSPS) is 15.9.